The molecule has 1 aromatic heterocycles. The normalized spacial score (nSPS) is 17.2. The van der Waals surface area contributed by atoms with Gasteiger partial charge in [-0.05, 0) is 25.5 Å². The van der Waals surface area contributed by atoms with Crippen molar-refractivity contribution in [2.45, 2.75) is 49.5 Å². The van der Waals surface area contributed by atoms with Gasteiger partial charge in [0, 0.05) is 23.6 Å². The van der Waals surface area contributed by atoms with Crippen molar-refractivity contribution in [3.63, 3.8) is 0 Å². The molecular weight excluding hydrogens is 230 g/mol. The number of nitrogens with zero attached hydrogens (tertiary/aromatic N) is 2. The minimum absolute atomic E-state index is 0.659. The van der Waals surface area contributed by atoms with Crippen molar-refractivity contribution >= 4 is 11.8 Å². The molecule has 1 aliphatic rings. The summed E-state index contributed by atoms with van der Waals surface area (Å²) in [7, 11) is 0. The molecule has 0 unspecified atom stereocenters. The summed E-state index contributed by atoms with van der Waals surface area (Å²) >= 11 is 2.02. The molecule has 3 nitrogen and oxygen atoms in total. The Bertz CT molecular complexity index is 337. The third-order valence-electron chi connectivity index (χ3n) is 3.16. The molecule has 0 aromatic carbocycles. The minimum atomic E-state index is 0.659. The van der Waals surface area contributed by atoms with Crippen molar-refractivity contribution in [2.75, 3.05) is 6.54 Å². The van der Waals surface area contributed by atoms with E-state index in [4.69, 9.17) is 5.73 Å². The fourth-order valence-electron chi connectivity index (χ4n) is 2.22. The lowest BCUT2D eigenvalue weighted by atomic mass is 10.0. The second-order valence-corrected chi connectivity index (χ2v) is 5.86. The van der Waals surface area contributed by atoms with Crippen molar-refractivity contribution in [3.05, 3.63) is 23.8 Å². The molecule has 0 atom stereocenters. The van der Waals surface area contributed by atoms with Crippen LogP contribution in [0.3, 0.4) is 0 Å². The minimum Gasteiger partial charge on any atom is -0.330 e. The Hall–Kier alpha value is -0.610. The van der Waals surface area contributed by atoms with E-state index in [0.29, 0.717) is 6.54 Å². The fourth-order valence-corrected chi connectivity index (χ4v) is 3.41. The standard InChI is InChI=1S/C13H21N3S/c14-8-6-11-7-9-15-13(16-11)10-17-12-4-2-1-3-5-12/h7,9,12H,1-6,8,10,14H2. The Morgan fingerprint density at radius 2 is 2.12 bits per heavy atom. The zero-order chi connectivity index (χ0) is 11.9. The van der Waals surface area contributed by atoms with Gasteiger partial charge in [0.25, 0.3) is 0 Å². The van der Waals surface area contributed by atoms with Gasteiger partial charge in [-0.3, -0.25) is 0 Å². The highest BCUT2D eigenvalue weighted by molar-refractivity contribution is 7.99. The van der Waals surface area contributed by atoms with E-state index >= 15 is 0 Å². The SMILES string of the molecule is NCCc1ccnc(CSC2CCCCC2)n1. The predicted molar refractivity (Wildman–Crippen MR) is 73.0 cm³/mol. The van der Waals surface area contributed by atoms with Crippen molar-refractivity contribution < 1.29 is 0 Å². The van der Waals surface area contributed by atoms with Gasteiger partial charge in [0.15, 0.2) is 0 Å². The number of nitrogens with two attached hydrogens (primary N) is 1. The van der Waals surface area contributed by atoms with Crippen LogP contribution in [0.5, 0.6) is 0 Å². The summed E-state index contributed by atoms with van der Waals surface area (Å²) in [4.78, 5) is 8.87. The van der Waals surface area contributed by atoms with Crippen LogP contribution in [0.15, 0.2) is 12.3 Å². The first-order chi connectivity index (χ1) is 8.38. The van der Waals surface area contributed by atoms with Crippen molar-refractivity contribution in [1.29, 1.82) is 0 Å². The third kappa shape index (κ3) is 4.28. The molecule has 0 spiro atoms. The Morgan fingerprint density at radius 1 is 1.29 bits per heavy atom. The molecule has 1 fully saturated rings. The fraction of sp³-hybridized carbons (Fsp3) is 0.692. The third-order valence-corrected chi connectivity index (χ3v) is 4.53. The molecular formula is C13H21N3S. The largest absolute Gasteiger partial charge is 0.330 e. The van der Waals surface area contributed by atoms with Gasteiger partial charge in [0.2, 0.25) is 0 Å². The van der Waals surface area contributed by atoms with Gasteiger partial charge in [0.05, 0.1) is 5.75 Å². The van der Waals surface area contributed by atoms with Crippen LogP contribution in [0, 0.1) is 0 Å². The zero-order valence-corrected chi connectivity index (χ0v) is 11.1. The number of aromatic nitrogens is 2. The van der Waals surface area contributed by atoms with Gasteiger partial charge < -0.3 is 5.73 Å². The highest BCUT2D eigenvalue weighted by atomic mass is 32.2. The van der Waals surface area contributed by atoms with E-state index in [9.17, 15) is 0 Å². The maximum absolute atomic E-state index is 5.54. The van der Waals surface area contributed by atoms with Crippen molar-refractivity contribution in [3.8, 4) is 0 Å². The Morgan fingerprint density at radius 3 is 2.88 bits per heavy atom. The smallest absolute Gasteiger partial charge is 0.138 e. The molecule has 0 saturated heterocycles. The van der Waals surface area contributed by atoms with Gasteiger partial charge in [-0.1, -0.05) is 19.3 Å². The zero-order valence-electron chi connectivity index (χ0n) is 10.3. The Kier molecular flexibility index (Phi) is 5.26. The number of rotatable bonds is 5. The van der Waals surface area contributed by atoms with Crippen LogP contribution in [0.1, 0.15) is 43.6 Å². The van der Waals surface area contributed by atoms with Crippen LogP contribution < -0.4 is 5.73 Å². The summed E-state index contributed by atoms with van der Waals surface area (Å²) in [5.41, 5.74) is 6.61. The molecule has 1 aliphatic carbocycles. The van der Waals surface area contributed by atoms with Crippen molar-refractivity contribution in [2.24, 2.45) is 5.73 Å². The van der Waals surface area contributed by atoms with Crippen LogP contribution in [-0.4, -0.2) is 21.8 Å². The lowest BCUT2D eigenvalue weighted by molar-refractivity contribution is 0.516. The van der Waals surface area contributed by atoms with E-state index in [2.05, 4.69) is 9.97 Å². The molecule has 1 aromatic rings. The average Bonchev–Trinajstić information content (AvgIpc) is 2.39. The molecule has 2 N–H and O–H groups in total. The highest BCUT2D eigenvalue weighted by Gasteiger charge is 2.14. The van der Waals surface area contributed by atoms with E-state index in [1.54, 1.807) is 0 Å². The summed E-state index contributed by atoms with van der Waals surface area (Å²) in [6, 6.07) is 1.96. The van der Waals surface area contributed by atoms with E-state index in [1.807, 2.05) is 24.0 Å². The second kappa shape index (κ2) is 6.97. The molecule has 2 rings (SSSR count). The predicted octanol–water partition coefficient (Wildman–Crippen LogP) is 2.54. The maximum Gasteiger partial charge on any atom is 0.138 e. The van der Waals surface area contributed by atoms with Crippen molar-refractivity contribution in [1.82, 2.24) is 9.97 Å². The molecule has 1 heterocycles. The summed E-state index contributed by atoms with van der Waals surface area (Å²) in [5, 5.41) is 0.825. The highest BCUT2D eigenvalue weighted by Crippen LogP contribution is 2.29. The Balaban J connectivity index is 1.83. The Labute approximate surface area is 108 Å². The summed E-state index contributed by atoms with van der Waals surface area (Å²) in [5.74, 6) is 1.91. The summed E-state index contributed by atoms with van der Waals surface area (Å²) < 4.78 is 0. The molecule has 0 bridgehead atoms. The average molecular weight is 251 g/mol. The van der Waals surface area contributed by atoms with E-state index in [0.717, 1.165) is 28.9 Å². The molecule has 4 heteroatoms. The topological polar surface area (TPSA) is 51.8 Å². The summed E-state index contributed by atoms with van der Waals surface area (Å²) in [6.45, 7) is 0.659. The summed E-state index contributed by atoms with van der Waals surface area (Å²) in [6.07, 6.45) is 9.65. The molecule has 0 radical (unpaired) electrons. The van der Waals surface area contributed by atoms with Gasteiger partial charge >= 0.3 is 0 Å². The molecule has 17 heavy (non-hydrogen) atoms. The lowest BCUT2D eigenvalue weighted by Gasteiger charge is -2.20. The molecule has 1 saturated carbocycles. The molecule has 0 amide bonds. The maximum atomic E-state index is 5.54. The van der Waals surface area contributed by atoms with Gasteiger partial charge in [-0.25, -0.2) is 9.97 Å². The van der Waals surface area contributed by atoms with E-state index in [1.165, 1.54) is 32.1 Å². The van der Waals surface area contributed by atoms with Gasteiger partial charge in [-0.15, -0.1) is 0 Å². The van der Waals surface area contributed by atoms with Crippen LogP contribution in [0.25, 0.3) is 0 Å². The number of thioether (sulfide) groups is 1. The second-order valence-electron chi connectivity index (χ2n) is 4.57. The van der Waals surface area contributed by atoms with E-state index < -0.39 is 0 Å². The van der Waals surface area contributed by atoms with Crippen LogP contribution in [0.2, 0.25) is 0 Å². The first-order valence-corrected chi connectivity index (χ1v) is 7.56. The number of hydrogen-bond acceptors (Lipinski definition) is 4. The van der Waals surface area contributed by atoms with E-state index in [-0.39, 0.29) is 0 Å². The molecule has 0 aliphatic heterocycles. The monoisotopic (exact) mass is 251 g/mol. The molecule has 94 valence electrons. The van der Waals surface area contributed by atoms with Crippen LogP contribution in [-0.2, 0) is 12.2 Å². The van der Waals surface area contributed by atoms with Crippen LogP contribution >= 0.6 is 11.8 Å². The quantitative estimate of drug-likeness (QED) is 0.873. The van der Waals surface area contributed by atoms with Gasteiger partial charge in [-0.2, -0.15) is 11.8 Å². The van der Waals surface area contributed by atoms with Gasteiger partial charge in [0.1, 0.15) is 5.82 Å². The van der Waals surface area contributed by atoms with Crippen LogP contribution in [0.4, 0.5) is 0 Å². The first kappa shape index (κ1) is 12.8. The lowest BCUT2D eigenvalue weighted by Crippen LogP contribution is -2.10. The first-order valence-electron chi connectivity index (χ1n) is 6.51. The number of hydrogen-bond donors (Lipinski definition) is 1.